The smallest absolute Gasteiger partial charge is 0.407 e. The molecule has 5 rings (SSSR count). The Morgan fingerprint density at radius 3 is 2.33 bits per heavy atom. The van der Waals surface area contributed by atoms with E-state index in [4.69, 9.17) is 26.8 Å². The highest BCUT2D eigenvalue weighted by atomic mass is 35.5. The molecule has 1 aliphatic rings. The maximum absolute atomic E-state index is 12.9. The fourth-order valence-corrected chi connectivity index (χ4v) is 4.74. The van der Waals surface area contributed by atoms with Gasteiger partial charge in [-0.1, -0.05) is 60.1 Å². The van der Waals surface area contributed by atoms with Crippen LogP contribution in [0.5, 0.6) is 6.01 Å². The maximum Gasteiger partial charge on any atom is 0.407 e. The molecule has 0 bridgehead atoms. The Bertz CT molecular complexity index is 1430. The van der Waals surface area contributed by atoms with E-state index < -0.39 is 24.4 Å². The first kappa shape index (κ1) is 27.4. The van der Waals surface area contributed by atoms with Gasteiger partial charge in [-0.05, 0) is 29.2 Å². The number of rotatable bonds is 7. The van der Waals surface area contributed by atoms with E-state index in [1.54, 1.807) is 18.2 Å². The summed E-state index contributed by atoms with van der Waals surface area (Å²) in [5.74, 6) is -0.0563. The molecule has 1 saturated heterocycles. The van der Waals surface area contributed by atoms with E-state index >= 15 is 0 Å². The lowest BCUT2D eigenvalue weighted by atomic mass is 9.97. The minimum Gasteiger partial charge on any atom is -0.464 e. The highest BCUT2D eigenvalue weighted by Crippen LogP contribution is 2.33. The summed E-state index contributed by atoms with van der Waals surface area (Å²) in [5.41, 5.74) is 9.07. The molecule has 1 aliphatic heterocycles. The molecule has 2 aromatic carbocycles. The number of imidazole rings is 1. The second-order valence-corrected chi connectivity index (χ2v) is 9.89. The van der Waals surface area contributed by atoms with E-state index in [9.17, 15) is 23.4 Å². The second kappa shape index (κ2) is 11.1. The van der Waals surface area contributed by atoms with Crippen LogP contribution in [-0.4, -0.2) is 63.4 Å². The van der Waals surface area contributed by atoms with Gasteiger partial charge in [-0.2, -0.15) is 18.2 Å². The summed E-state index contributed by atoms with van der Waals surface area (Å²) in [6, 6.07) is 13.2. The van der Waals surface area contributed by atoms with Crippen LogP contribution >= 0.6 is 11.6 Å². The van der Waals surface area contributed by atoms with Crippen molar-refractivity contribution in [3.8, 4) is 28.4 Å². The fourth-order valence-electron chi connectivity index (χ4n) is 4.48. The zero-order chi connectivity index (χ0) is 27.7. The Hall–Kier alpha value is -3.22. The molecule has 0 spiro atoms. The summed E-state index contributed by atoms with van der Waals surface area (Å²) in [6.07, 6.45) is -5.39. The van der Waals surface area contributed by atoms with Gasteiger partial charge in [0.25, 0.3) is 6.01 Å². The Morgan fingerprint density at radius 1 is 1.08 bits per heavy atom. The predicted molar refractivity (Wildman–Crippen MR) is 139 cm³/mol. The van der Waals surface area contributed by atoms with Crippen LogP contribution in [0.15, 0.2) is 54.6 Å². The molecule has 1 unspecified atom stereocenters. The molecule has 2 aromatic heterocycles. The van der Waals surface area contributed by atoms with Crippen molar-refractivity contribution in [2.75, 3.05) is 19.8 Å². The number of nitrogens with two attached hydrogens (primary N) is 1. The van der Waals surface area contributed by atoms with Gasteiger partial charge in [0.05, 0.1) is 42.2 Å². The van der Waals surface area contributed by atoms with Gasteiger partial charge in [0, 0.05) is 11.5 Å². The van der Waals surface area contributed by atoms with Gasteiger partial charge in [0.1, 0.15) is 12.1 Å². The molecule has 39 heavy (non-hydrogen) atoms. The number of hydrogen-bond donors (Lipinski definition) is 4. The van der Waals surface area contributed by atoms with Crippen molar-refractivity contribution >= 4 is 22.8 Å². The lowest BCUT2D eigenvalue weighted by Crippen LogP contribution is -2.42. The third kappa shape index (κ3) is 6.02. The van der Waals surface area contributed by atoms with Crippen molar-refractivity contribution < 1.29 is 32.9 Å². The van der Waals surface area contributed by atoms with Crippen LogP contribution in [0, 0.1) is 5.92 Å². The summed E-state index contributed by atoms with van der Waals surface area (Å²) in [7, 11) is 0. The first-order valence-electron chi connectivity index (χ1n) is 12.2. The number of ether oxygens (including phenoxy) is 2. The molecule has 8 nitrogen and oxygen atoms in total. The van der Waals surface area contributed by atoms with Crippen LogP contribution in [0.3, 0.4) is 0 Å². The monoisotopic (exact) mass is 562 g/mol. The van der Waals surface area contributed by atoms with Crippen molar-refractivity contribution in [1.29, 1.82) is 0 Å². The van der Waals surface area contributed by atoms with E-state index in [0.29, 0.717) is 34.9 Å². The number of aromatic amines is 1. The highest BCUT2D eigenvalue weighted by molar-refractivity contribution is 6.33. The SMILES string of the molecule is NC(c1ccc(-c2ccc(-c3nc4nc(OC[C@H]5CO[C@H](CO)[C@@H](O)C5)[nH]c4cc3Cl)cc2)cc1)C(F)(F)F. The van der Waals surface area contributed by atoms with E-state index in [0.717, 1.165) is 16.7 Å². The summed E-state index contributed by atoms with van der Waals surface area (Å²) in [5, 5.41) is 19.6. The Morgan fingerprint density at radius 2 is 1.72 bits per heavy atom. The van der Waals surface area contributed by atoms with E-state index in [2.05, 4.69) is 15.0 Å². The number of pyridine rings is 1. The molecule has 206 valence electrons. The van der Waals surface area contributed by atoms with Crippen molar-refractivity contribution in [3.63, 3.8) is 0 Å². The number of nitrogens with zero attached hydrogens (tertiary/aromatic N) is 2. The minimum absolute atomic E-state index is 0.00509. The number of aliphatic hydroxyl groups is 2. The number of halogens is 4. The Kier molecular flexibility index (Phi) is 7.79. The lowest BCUT2D eigenvalue weighted by Gasteiger charge is -2.31. The first-order chi connectivity index (χ1) is 18.6. The number of nitrogens with one attached hydrogen (secondary N) is 1. The van der Waals surface area contributed by atoms with Gasteiger partial charge in [0.15, 0.2) is 5.65 Å². The lowest BCUT2D eigenvalue weighted by molar-refractivity contribution is -0.149. The summed E-state index contributed by atoms with van der Waals surface area (Å²) in [4.78, 5) is 12.0. The van der Waals surface area contributed by atoms with Gasteiger partial charge in [-0.3, -0.25) is 0 Å². The zero-order valence-corrected chi connectivity index (χ0v) is 21.3. The van der Waals surface area contributed by atoms with Crippen LogP contribution in [-0.2, 0) is 4.74 Å². The van der Waals surface area contributed by atoms with Crippen LogP contribution in [0.25, 0.3) is 33.5 Å². The minimum atomic E-state index is -4.50. The van der Waals surface area contributed by atoms with E-state index in [-0.39, 0.29) is 30.7 Å². The quantitative estimate of drug-likeness (QED) is 0.258. The number of benzene rings is 2. The van der Waals surface area contributed by atoms with Gasteiger partial charge < -0.3 is 30.4 Å². The van der Waals surface area contributed by atoms with Crippen molar-refractivity contribution in [2.45, 2.75) is 30.8 Å². The highest BCUT2D eigenvalue weighted by Gasteiger charge is 2.37. The number of H-pyrrole nitrogens is 1. The molecule has 4 atom stereocenters. The number of alkyl halides is 3. The molecule has 5 N–H and O–H groups in total. The molecule has 1 fully saturated rings. The summed E-state index contributed by atoms with van der Waals surface area (Å²) in [6.45, 7) is 0.390. The van der Waals surface area contributed by atoms with Crippen molar-refractivity contribution in [1.82, 2.24) is 15.0 Å². The number of fused-ring (bicyclic) bond motifs is 1. The number of aromatic nitrogens is 3. The number of hydrogen-bond acceptors (Lipinski definition) is 7. The molecule has 0 radical (unpaired) electrons. The molecule has 12 heteroatoms. The van der Waals surface area contributed by atoms with E-state index in [1.165, 1.54) is 12.1 Å². The molecular formula is C27H26ClF3N4O4. The average Bonchev–Trinajstić information content (AvgIpc) is 3.32. The van der Waals surface area contributed by atoms with Gasteiger partial charge in [0.2, 0.25) is 0 Å². The van der Waals surface area contributed by atoms with Crippen molar-refractivity contribution in [2.24, 2.45) is 11.7 Å². The number of aliphatic hydroxyl groups excluding tert-OH is 2. The topological polar surface area (TPSA) is 127 Å². The molecule has 0 saturated carbocycles. The molecule has 4 aromatic rings. The average molecular weight is 563 g/mol. The standard InChI is InChI=1S/C27H26ClF3N4O4/c28-19-10-20-25(35-26(33-20)39-13-14-9-21(37)22(11-36)38-12-14)34-23(19)17-5-1-15(2-6-17)16-3-7-18(8-4-16)24(32)27(29,30)31/h1-8,10,14,21-22,24,36-37H,9,11-13,32H2,(H,33,34,35)/t14-,21+,22-,24?/m1/s1. The normalized spacial score (nSPS) is 20.7. The van der Waals surface area contributed by atoms with E-state index in [1.807, 2.05) is 24.3 Å². The zero-order valence-electron chi connectivity index (χ0n) is 20.5. The van der Waals surface area contributed by atoms with Crippen LogP contribution in [0.2, 0.25) is 5.02 Å². The third-order valence-electron chi connectivity index (χ3n) is 6.70. The summed E-state index contributed by atoms with van der Waals surface area (Å²) < 4.78 is 49.8. The van der Waals surface area contributed by atoms with Gasteiger partial charge >= 0.3 is 6.18 Å². The molecule has 0 aliphatic carbocycles. The molecule has 0 amide bonds. The molecule has 3 heterocycles. The predicted octanol–water partition coefficient (Wildman–Crippen LogP) is 4.64. The first-order valence-corrected chi connectivity index (χ1v) is 12.6. The van der Waals surface area contributed by atoms with Crippen LogP contribution < -0.4 is 10.5 Å². The summed E-state index contributed by atoms with van der Waals surface area (Å²) >= 11 is 6.51. The van der Waals surface area contributed by atoms with Gasteiger partial charge in [-0.25, -0.2) is 4.98 Å². The van der Waals surface area contributed by atoms with Gasteiger partial charge in [-0.15, -0.1) is 0 Å². The Labute approximate surface area is 226 Å². The van der Waals surface area contributed by atoms with Crippen molar-refractivity contribution in [3.05, 3.63) is 65.2 Å². The fraction of sp³-hybridized carbons (Fsp3) is 0.333. The van der Waals surface area contributed by atoms with Crippen LogP contribution in [0.4, 0.5) is 13.2 Å². The third-order valence-corrected chi connectivity index (χ3v) is 6.99. The second-order valence-electron chi connectivity index (χ2n) is 9.49. The van der Waals surface area contributed by atoms with Crippen LogP contribution in [0.1, 0.15) is 18.0 Å². The maximum atomic E-state index is 12.9. The molecular weight excluding hydrogens is 537 g/mol. The Balaban J connectivity index is 1.28. The largest absolute Gasteiger partial charge is 0.464 e.